The van der Waals surface area contributed by atoms with Crippen LogP contribution in [0.25, 0.3) is 0 Å². The number of aromatic nitrogens is 1. The molecule has 2 rings (SSSR count). The Kier molecular flexibility index (Phi) is 2.68. The summed E-state index contributed by atoms with van der Waals surface area (Å²) >= 11 is 0.718. The fourth-order valence-corrected chi connectivity index (χ4v) is 3.68. The number of anilines is 2. The molecule has 0 aliphatic rings. The van der Waals surface area contributed by atoms with E-state index in [1.807, 2.05) is 0 Å². The highest BCUT2D eigenvalue weighted by atomic mass is 32.2. The number of sulfone groups is 1. The normalized spacial score (nSPS) is 11.5. The van der Waals surface area contributed by atoms with Gasteiger partial charge in [-0.1, -0.05) is 11.3 Å². The van der Waals surface area contributed by atoms with Gasteiger partial charge in [0.15, 0.2) is 9.34 Å². The van der Waals surface area contributed by atoms with E-state index in [9.17, 15) is 13.5 Å². The Morgan fingerprint density at radius 3 is 2.24 bits per heavy atom. The molecule has 2 aromatic rings. The molecule has 0 unspecified atom stereocenters. The van der Waals surface area contributed by atoms with Gasteiger partial charge < -0.3 is 16.6 Å². The van der Waals surface area contributed by atoms with E-state index < -0.39 is 15.7 Å². The van der Waals surface area contributed by atoms with E-state index in [0.717, 1.165) is 11.3 Å². The highest BCUT2D eigenvalue weighted by molar-refractivity contribution is 7.93. The molecule has 6 nitrogen and oxygen atoms in total. The van der Waals surface area contributed by atoms with E-state index in [1.54, 1.807) is 0 Å². The topological polar surface area (TPSA) is 119 Å². The van der Waals surface area contributed by atoms with Crippen LogP contribution in [0.4, 0.5) is 10.8 Å². The number of benzene rings is 1. The quantitative estimate of drug-likeness (QED) is 0.696. The van der Waals surface area contributed by atoms with E-state index >= 15 is 0 Å². The van der Waals surface area contributed by atoms with Crippen LogP contribution in [-0.4, -0.2) is 18.5 Å². The Morgan fingerprint density at radius 1 is 1.18 bits per heavy atom. The maximum atomic E-state index is 12.1. The zero-order valence-electron chi connectivity index (χ0n) is 8.49. The molecule has 17 heavy (non-hydrogen) atoms. The molecule has 0 spiro atoms. The minimum atomic E-state index is -3.80. The summed E-state index contributed by atoms with van der Waals surface area (Å²) in [5.74, 6) is -0.579. The van der Waals surface area contributed by atoms with Crippen molar-refractivity contribution in [2.75, 3.05) is 11.5 Å². The molecule has 0 amide bonds. The molecule has 0 aliphatic carbocycles. The zero-order valence-corrected chi connectivity index (χ0v) is 10.1. The number of hydrogen-bond donors (Lipinski definition) is 3. The van der Waals surface area contributed by atoms with Crippen molar-refractivity contribution in [3.05, 3.63) is 24.3 Å². The SMILES string of the molecule is Nc1ccc(S(=O)(=O)c2sc(N)nc2O)cc1. The predicted octanol–water partition coefficient (Wildman–Crippen LogP) is 0.846. The van der Waals surface area contributed by atoms with Crippen molar-refractivity contribution in [3.63, 3.8) is 0 Å². The molecule has 1 aromatic carbocycles. The largest absolute Gasteiger partial charge is 0.492 e. The van der Waals surface area contributed by atoms with Crippen LogP contribution in [0.3, 0.4) is 0 Å². The summed E-state index contributed by atoms with van der Waals surface area (Å²) < 4.78 is 23.9. The number of hydrogen-bond acceptors (Lipinski definition) is 7. The zero-order chi connectivity index (χ0) is 12.6. The van der Waals surface area contributed by atoms with Gasteiger partial charge in [-0.25, -0.2) is 8.42 Å². The van der Waals surface area contributed by atoms with Gasteiger partial charge >= 0.3 is 0 Å². The van der Waals surface area contributed by atoms with Crippen LogP contribution in [0.15, 0.2) is 33.4 Å². The molecule has 1 aromatic heterocycles. The molecule has 0 aliphatic heterocycles. The highest BCUT2D eigenvalue weighted by Gasteiger charge is 2.25. The monoisotopic (exact) mass is 271 g/mol. The summed E-state index contributed by atoms with van der Waals surface area (Å²) in [5, 5.41) is 9.40. The molecule has 1 heterocycles. The molecule has 90 valence electrons. The van der Waals surface area contributed by atoms with Gasteiger partial charge in [0, 0.05) is 5.69 Å². The lowest BCUT2D eigenvalue weighted by Gasteiger charge is -2.01. The molecular formula is C9H9N3O3S2. The average Bonchev–Trinajstić information content (AvgIpc) is 2.59. The third-order valence-corrected chi connectivity index (χ3v) is 5.17. The second kappa shape index (κ2) is 3.90. The Labute approximate surface area is 101 Å². The molecule has 0 saturated carbocycles. The van der Waals surface area contributed by atoms with Crippen molar-refractivity contribution in [2.45, 2.75) is 9.10 Å². The molecule has 0 bridgehead atoms. The number of thiazole rings is 1. The predicted molar refractivity (Wildman–Crippen MR) is 64.5 cm³/mol. The number of nitrogens with zero attached hydrogens (tertiary/aromatic N) is 1. The summed E-state index contributed by atoms with van der Waals surface area (Å²) in [5.41, 5.74) is 11.3. The van der Waals surface area contributed by atoms with Gasteiger partial charge in [-0.3, -0.25) is 0 Å². The summed E-state index contributed by atoms with van der Waals surface area (Å²) in [6, 6.07) is 5.66. The van der Waals surface area contributed by atoms with Crippen molar-refractivity contribution >= 4 is 32.0 Å². The van der Waals surface area contributed by atoms with Gasteiger partial charge in [-0.2, -0.15) is 4.98 Å². The number of nitrogens with two attached hydrogens (primary N) is 2. The van der Waals surface area contributed by atoms with E-state index in [-0.39, 0.29) is 14.2 Å². The second-order valence-corrected chi connectivity index (χ2v) is 6.41. The first-order chi connectivity index (χ1) is 7.91. The molecule has 5 N–H and O–H groups in total. The van der Waals surface area contributed by atoms with Crippen LogP contribution in [0.1, 0.15) is 0 Å². The van der Waals surface area contributed by atoms with Crippen molar-refractivity contribution in [2.24, 2.45) is 0 Å². The van der Waals surface area contributed by atoms with Crippen molar-refractivity contribution in [3.8, 4) is 5.88 Å². The Bertz CT molecular complexity index is 647. The van der Waals surface area contributed by atoms with Crippen molar-refractivity contribution < 1.29 is 13.5 Å². The lowest BCUT2D eigenvalue weighted by Crippen LogP contribution is -2.00. The van der Waals surface area contributed by atoms with Crippen LogP contribution in [-0.2, 0) is 9.84 Å². The van der Waals surface area contributed by atoms with Gasteiger partial charge in [0.05, 0.1) is 4.90 Å². The Hall–Kier alpha value is -1.80. The van der Waals surface area contributed by atoms with Gasteiger partial charge in [-0.05, 0) is 24.3 Å². The smallest absolute Gasteiger partial charge is 0.243 e. The van der Waals surface area contributed by atoms with E-state index in [0.29, 0.717) is 5.69 Å². The molecule has 0 saturated heterocycles. The van der Waals surface area contributed by atoms with Gasteiger partial charge in [0.25, 0.3) is 0 Å². The first-order valence-corrected chi connectivity index (χ1v) is 6.77. The molecule has 0 fully saturated rings. The maximum Gasteiger partial charge on any atom is 0.243 e. The van der Waals surface area contributed by atoms with E-state index in [2.05, 4.69) is 4.98 Å². The fourth-order valence-electron chi connectivity index (χ4n) is 1.24. The minimum Gasteiger partial charge on any atom is -0.492 e. The third-order valence-electron chi connectivity index (χ3n) is 2.03. The number of aromatic hydroxyl groups is 1. The summed E-state index contributed by atoms with van der Waals surface area (Å²) in [6.07, 6.45) is 0. The van der Waals surface area contributed by atoms with Crippen LogP contribution in [0.2, 0.25) is 0 Å². The summed E-state index contributed by atoms with van der Waals surface area (Å²) in [4.78, 5) is 3.50. The average molecular weight is 271 g/mol. The third kappa shape index (κ3) is 2.04. The summed E-state index contributed by atoms with van der Waals surface area (Å²) in [6.45, 7) is 0. The van der Waals surface area contributed by atoms with Crippen LogP contribution in [0, 0.1) is 0 Å². The van der Waals surface area contributed by atoms with Gasteiger partial charge in [0.1, 0.15) is 0 Å². The van der Waals surface area contributed by atoms with Crippen molar-refractivity contribution in [1.29, 1.82) is 0 Å². The summed E-state index contributed by atoms with van der Waals surface area (Å²) in [7, 11) is -3.80. The van der Waals surface area contributed by atoms with Crippen LogP contribution in [0.5, 0.6) is 5.88 Å². The standard InChI is InChI=1S/C9H9N3O3S2/c10-5-1-3-6(4-2-5)17(14,15)8-7(13)12-9(11)16-8/h1-4,13H,10H2,(H2,11,12). The van der Waals surface area contributed by atoms with Gasteiger partial charge in [0.2, 0.25) is 15.7 Å². The minimum absolute atomic E-state index is 0.00322. The molecule has 8 heteroatoms. The number of rotatable bonds is 2. The molecule has 0 radical (unpaired) electrons. The lowest BCUT2D eigenvalue weighted by molar-refractivity contribution is 0.444. The van der Waals surface area contributed by atoms with E-state index in [4.69, 9.17) is 11.5 Å². The van der Waals surface area contributed by atoms with E-state index in [1.165, 1.54) is 24.3 Å². The second-order valence-electron chi connectivity index (χ2n) is 3.24. The molecule has 0 atom stereocenters. The molecular weight excluding hydrogens is 262 g/mol. The van der Waals surface area contributed by atoms with Crippen LogP contribution < -0.4 is 11.5 Å². The maximum absolute atomic E-state index is 12.1. The Morgan fingerprint density at radius 2 is 1.76 bits per heavy atom. The van der Waals surface area contributed by atoms with Crippen LogP contribution >= 0.6 is 11.3 Å². The fraction of sp³-hybridized carbons (Fsp3) is 0. The first-order valence-electron chi connectivity index (χ1n) is 4.47. The number of nitrogen functional groups attached to an aromatic ring is 2. The highest BCUT2D eigenvalue weighted by Crippen LogP contribution is 2.34. The van der Waals surface area contributed by atoms with Crippen molar-refractivity contribution in [1.82, 2.24) is 4.98 Å². The first kappa shape index (κ1) is 11.7. The Balaban J connectivity index is 2.57. The van der Waals surface area contributed by atoms with Gasteiger partial charge in [-0.15, -0.1) is 0 Å². The lowest BCUT2D eigenvalue weighted by atomic mass is 10.3.